The van der Waals surface area contributed by atoms with Crippen molar-refractivity contribution in [3.05, 3.63) is 30.1 Å². The molecule has 2 heteroatoms. The van der Waals surface area contributed by atoms with Crippen LogP contribution < -0.4 is 5.32 Å². The van der Waals surface area contributed by atoms with Gasteiger partial charge in [0, 0.05) is 25.0 Å². The van der Waals surface area contributed by atoms with Gasteiger partial charge in [-0.15, -0.1) is 0 Å². The molecule has 2 rings (SSSR count). The van der Waals surface area contributed by atoms with Crippen molar-refractivity contribution in [1.29, 1.82) is 0 Å². The molecule has 0 bridgehead atoms. The second kappa shape index (κ2) is 5.44. The van der Waals surface area contributed by atoms with E-state index < -0.39 is 0 Å². The average Bonchev–Trinajstić information content (AvgIpc) is 2.27. The summed E-state index contributed by atoms with van der Waals surface area (Å²) in [5.74, 6) is 1.75. The molecule has 1 saturated carbocycles. The van der Waals surface area contributed by atoms with Crippen LogP contribution >= 0.6 is 0 Å². The zero-order valence-electron chi connectivity index (χ0n) is 10.3. The highest BCUT2D eigenvalue weighted by atomic mass is 14.9. The normalized spacial score (nSPS) is 30.2. The highest BCUT2D eigenvalue weighted by molar-refractivity contribution is 5.09. The van der Waals surface area contributed by atoms with Gasteiger partial charge in [0.2, 0.25) is 0 Å². The van der Waals surface area contributed by atoms with Gasteiger partial charge in [-0.2, -0.15) is 0 Å². The van der Waals surface area contributed by atoms with Gasteiger partial charge in [-0.25, -0.2) is 0 Å². The van der Waals surface area contributed by atoms with E-state index in [2.05, 4.69) is 36.3 Å². The van der Waals surface area contributed by atoms with Crippen LogP contribution in [0.1, 0.15) is 38.7 Å². The van der Waals surface area contributed by atoms with Gasteiger partial charge < -0.3 is 5.32 Å². The van der Waals surface area contributed by atoms with Crippen LogP contribution in [0, 0.1) is 11.8 Å². The van der Waals surface area contributed by atoms with E-state index in [4.69, 9.17) is 0 Å². The summed E-state index contributed by atoms with van der Waals surface area (Å²) < 4.78 is 0. The molecule has 0 spiro atoms. The Morgan fingerprint density at radius 1 is 1.12 bits per heavy atom. The Kier molecular flexibility index (Phi) is 3.94. The highest BCUT2D eigenvalue weighted by Gasteiger charge is 2.23. The van der Waals surface area contributed by atoms with Gasteiger partial charge in [0.05, 0.1) is 0 Å². The minimum Gasteiger partial charge on any atom is -0.310 e. The molecule has 2 nitrogen and oxygen atoms in total. The molecule has 0 aromatic carbocycles. The lowest BCUT2D eigenvalue weighted by Crippen LogP contribution is -2.35. The maximum atomic E-state index is 4.04. The van der Waals surface area contributed by atoms with E-state index in [-0.39, 0.29) is 0 Å². The second-order valence-corrected chi connectivity index (χ2v) is 5.35. The van der Waals surface area contributed by atoms with Gasteiger partial charge in [-0.3, -0.25) is 4.98 Å². The standard InChI is InChI=1S/C14H22N2/c1-11-7-12(2)9-14(8-11)16-10-13-3-5-15-6-4-13/h3-6,11-12,14,16H,7-10H2,1-2H3. The van der Waals surface area contributed by atoms with Gasteiger partial charge in [-0.1, -0.05) is 13.8 Å². The smallest absolute Gasteiger partial charge is 0.0271 e. The predicted octanol–water partition coefficient (Wildman–Crippen LogP) is 3.00. The number of hydrogen-bond acceptors (Lipinski definition) is 2. The molecule has 2 unspecified atom stereocenters. The second-order valence-electron chi connectivity index (χ2n) is 5.35. The Morgan fingerprint density at radius 2 is 1.75 bits per heavy atom. The molecule has 88 valence electrons. The molecular formula is C14H22N2. The maximum absolute atomic E-state index is 4.04. The van der Waals surface area contributed by atoms with E-state index >= 15 is 0 Å². The molecule has 0 saturated heterocycles. The number of rotatable bonds is 3. The summed E-state index contributed by atoms with van der Waals surface area (Å²) in [5, 5.41) is 3.67. The molecule has 16 heavy (non-hydrogen) atoms. The molecule has 1 aromatic heterocycles. The Hall–Kier alpha value is -0.890. The SMILES string of the molecule is CC1CC(C)CC(NCc2ccncc2)C1. The van der Waals surface area contributed by atoms with Crippen molar-refractivity contribution in [3.63, 3.8) is 0 Å². The van der Waals surface area contributed by atoms with E-state index in [1.54, 1.807) is 0 Å². The number of hydrogen-bond donors (Lipinski definition) is 1. The summed E-state index contributed by atoms with van der Waals surface area (Å²) in [6.45, 7) is 5.72. The molecular weight excluding hydrogens is 196 g/mol. The number of nitrogens with one attached hydrogen (secondary N) is 1. The van der Waals surface area contributed by atoms with Crippen molar-refractivity contribution in [2.24, 2.45) is 11.8 Å². The van der Waals surface area contributed by atoms with Crippen molar-refractivity contribution in [2.75, 3.05) is 0 Å². The van der Waals surface area contributed by atoms with E-state index in [1.165, 1.54) is 24.8 Å². The fourth-order valence-corrected chi connectivity index (χ4v) is 2.88. The Bertz CT molecular complexity index is 300. The van der Waals surface area contributed by atoms with Crippen molar-refractivity contribution < 1.29 is 0 Å². The lowest BCUT2D eigenvalue weighted by Gasteiger charge is -2.32. The summed E-state index contributed by atoms with van der Waals surface area (Å²) in [5.41, 5.74) is 1.33. The highest BCUT2D eigenvalue weighted by Crippen LogP contribution is 2.28. The third kappa shape index (κ3) is 3.31. The lowest BCUT2D eigenvalue weighted by molar-refractivity contribution is 0.238. The first-order valence-electron chi connectivity index (χ1n) is 6.36. The minimum absolute atomic E-state index is 0.701. The lowest BCUT2D eigenvalue weighted by atomic mass is 9.80. The topological polar surface area (TPSA) is 24.9 Å². The third-order valence-corrected chi connectivity index (χ3v) is 3.52. The molecule has 0 radical (unpaired) electrons. The van der Waals surface area contributed by atoms with Crippen molar-refractivity contribution in [2.45, 2.75) is 45.7 Å². The molecule has 1 fully saturated rings. The summed E-state index contributed by atoms with van der Waals surface area (Å²) in [4.78, 5) is 4.04. The Morgan fingerprint density at radius 3 is 2.38 bits per heavy atom. The fourth-order valence-electron chi connectivity index (χ4n) is 2.88. The zero-order valence-corrected chi connectivity index (χ0v) is 10.3. The summed E-state index contributed by atoms with van der Waals surface area (Å²) in [7, 11) is 0. The molecule has 1 N–H and O–H groups in total. The first-order chi connectivity index (χ1) is 7.74. The van der Waals surface area contributed by atoms with Gasteiger partial charge in [-0.05, 0) is 48.8 Å². The van der Waals surface area contributed by atoms with Crippen molar-refractivity contribution in [3.8, 4) is 0 Å². The number of aromatic nitrogens is 1. The van der Waals surface area contributed by atoms with Crippen molar-refractivity contribution in [1.82, 2.24) is 10.3 Å². The molecule has 1 aromatic rings. The summed E-state index contributed by atoms with van der Waals surface area (Å²) >= 11 is 0. The monoisotopic (exact) mass is 218 g/mol. The van der Waals surface area contributed by atoms with Crippen molar-refractivity contribution >= 4 is 0 Å². The Labute approximate surface area is 98.5 Å². The van der Waals surface area contributed by atoms with Crippen LogP contribution in [0.4, 0.5) is 0 Å². The average molecular weight is 218 g/mol. The summed E-state index contributed by atoms with van der Waals surface area (Å²) in [6, 6.07) is 4.87. The molecule has 0 aliphatic heterocycles. The fraction of sp³-hybridized carbons (Fsp3) is 0.643. The zero-order chi connectivity index (χ0) is 11.4. The van der Waals surface area contributed by atoms with Crippen LogP contribution in [-0.2, 0) is 6.54 Å². The van der Waals surface area contributed by atoms with Crippen LogP contribution in [-0.4, -0.2) is 11.0 Å². The largest absolute Gasteiger partial charge is 0.310 e. The van der Waals surface area contributed by atoms with Gasteiger partial charge in [0.1, 0.15) is 0 Å². The van der Waals surface area contributed by atoms with E-state index in [9.17, 15) is 0 Å². The molecule has 1 aliphatic rings. The first kappa shape index (κ1) is 11.6. The van der Waals surface area contributed by atoms with Crippen LogP contribution in [0.3, 0.4) is 0 Å². The predicted molar refractivity (Wildman–Crippen MR) is 67.0 cm³/mol. The van der Waals surface area contributed by atoms with E-state index in [1.807, 2.05) is 12.4 Å². The minimum atomic E-state index is 0.701. The van der Waals surface area contributed by atoms with Crippen LogP contribution in [0.25, 0.3) is 0 Å². The maximum Gasteiger partial charge on any atom is 0.0271 e. The first-order valence-corrected chi connectivity index (χ1v) is 6.36. The molecule has 2 atom stereocenters. The number of pyridine rings is 1. The van der Waals surface area contributed by atoms with E-state index in [0.29, 0.717) is 6.04 Å². The molecule has 1 heterocycles. The quantitative estimate of drug-likeness (QED) is 0.843. The molecule has 1 aliphatic carbocycles. The molecule has 0 amide bonds. The van der Waals surface area contributed by atoms with Gasteiger partial charge >= 0.3 is 0 Å². The van der Waals surface area contributed by atoms with E-state index in [0.717, 1.165) is 18.4 Å². The van der Waals surface area contributed by atoms with Crippen LogP contribution in [0.2, 0.25) is 0 Å². The van der Waals surface area contributed by atoms with Crippen LogP contribution in [0.5, 0.6) is 0 Å². The number of nitrogens with zero attached hydrogens (tertiary/aromatic N) is 1. The summed E-state index contributed by atoms with van der Waals surface area (Å²) in [6.07, 6.45) is 7.78. The Balaban J connectivity index is 1.81. The van der Waals surface area contributed by atoms with Gasteiger partial charge in [0.15, 0.2) is 0 Å². The van der Waals surface area contributed by atoms with Crippen LogP contribution in [0.15, 0.2) is 24.5 Å². The van der Waals surface area contributed by atoms with Gasteiger partial charge in [0.25, 0.3) is 0 Å². The third-order valence-electron chi connectivity index (χ3n) is 3.52.